The lowest BCUT2D eigenvalue weighted by atomic mass is 10.0. The maximum atomic E-state index is 11.9. The minimum Gasteiger partial charge on any atom is -0.386 e. The second kappa shape index (κ2) is 9.20. The van der Waals surface area contributed by atoms with Crippen molar-refractivity contribution in [3.8, 4) is 0 Å². The molecule has 9 heteroatoms. The summed E-state index contributed by atoms with van der Waals surface area (Å²) in [6.45, 7) is 3.25. The molecule has 0 aromatic carbocycles. The first-order valence-electron chi connectivity index (χ1n) is 8.91. The largest absolute Gasteiger partial charge is 0.386 e. The Morgan fingerprint density at radius 3 is 1.71 bits per heavy atom. The van der Waals surface area contributed by atoms with Crippen molar-refractivity contribution in [2.45, 2.75) is 52.4 Å². The SMILES string of the molecule is CC1=C(CCC(=O)CCCNC(=O)CCC2=C(C)C(=O)OC2=O)C(=O)OC1=O. The van der Waals surface area contributed by atoms with Crippen LogP contribution in [0.2, 0.25) is 0 Å². The average Bonchev–Trinajstić information content (AvgIpc) is 3.02. The normalized spacial score (nSPS) is 16.6. The molecule has 2 aliphatic heterocycles. The Hall–Kier alpha value is -3.10. The molecule has 0 aliphatic carbocycles. The zero-order valence-corrected chi connectivity index (χ0v) is 15.7. The van der Waals surface area contributed by atoms with Crippen molar-refractivity contribution in [2.75, 3.05) is 6.54 Å². The minimum absolute atomic E-state index is 0.0343. The molecule has 0 atom stereocenters. The molecule has 0 aromatic heterocycles. The van der Waals surface area contributed by atoms with Gasteiger partial charge in [-0.2, -0.15) is 0 Å². The molecule has 0 saturated heterocycles. The van der Waals surface area contributed by atoms with Gasteiger partial charge in [-0.1, -0.05) is 0 Å². The molecule has 9 nitrogen and oxygen atoms in total. The Labute approximate surface area is 161 Å². The summed E-state index contributed by atoms with van der Waals surface area (Å²) in [5.74, 6) is -3.14. The van der Waals surface area contributed by atoms with E-state index in [1.165, 1.54) is 13.8 Å². The van der Waals surface area contributed by atoms with Crippen LogP contribution in [0.4, 0.5) is 0 Å². The molecule has 0 spiro atoms. The van der Waals surface area contributed by atoms with Gasteiger partial charge in [-0.3, -0.25) is 9.59 Å². The first kappa shape index (κ1) is 21.2. The van der Waals surface area contributed by atoms with Gasteiger partial charge < -0.3 is 14.8 Å². The van der Waals surface area contributed by atoms with E-state index in [1.807, 2.05) is 0 Å². The van der Waals surface area contributed by atoms with Crippen molar-refractivity contribution in [3.63, 3.8) is 0 Å². The Morgan fingerprint density at radius 1 is 0.750 bits per heavy atom. The van der Waals surface area contributed by atoms with Crippen LogP contribution in [-0.2, 0) is 38.2 Å². The van der Waals surface area contributed by atoms with E-state index in [4.69, 9.17) is 0 Å². The molecular formula is C19H21NO8. The molecule has 0 fully saturated rings. The highest BCUT2D eigenvalue weighted by atomic mass is 16.6. The van der Waals surface area contributed by atoms with Gasteiger partial charge in [0, 0.05) is 48.1 Å². The van der Waals surface area contributed by atoms with Crippen molar-refractivity contribution in [3.05, 3.63) is 22.3 Å². The van der Waals surface area contributed by atoms with Gasteiger partial charge in [0.25, 0.3) is 0 Å². The fourth-order valence-electron chi connectivity index (χ4n) is 2.81. The summed E-state index contributed by atoms with van der Waals surface area (Å²) in [6, 6.07) is 0. The molecule has 0 saturated carbocycles. The topological polar surface area (TPSA) is 133 Å². The summed E-state index contributed by atoms with van der Waals surface area (Å²) >= 11 is 0. The van der Waals surface area contributed by atoms with Crippen LogP contribution < -0.4 is 5.32 Å². The van der Waals surface area contributed by atoms with Crippen molar-refractivity contribution in [1.29, 1.82) is 0 Å². The smallest absolute Gasteiger partial charge is 0.342 e. The summed E-state index contributed by atoms with van der Waals surface area (Å²) in [4.78, 5) is 69.0. The van der Waals surface area contributed by atoms with Crippen molar-refractivity contribution >= 4 is 35.6 Å². The van der Waals surface area contributed by atoms with Gasteiger partial charge in [0.05, 0.1) is 0 Å². The third-order valence-corrected chi connectivity index (χ3v) is 4.59. The highest BCUT2D eigenvalue weighted by molar-refractivity contribution is 6.12. The Bertz CT molecular complexity index is 750. The van der Waals surface area contributed by atoms with Crippen LogP contribution in [0.15, 0.2) is 22.3 Å². The number of nitrogens with one attached hydrogen (secondary N) is 1. The molecule has 2 aliphatic rings. The molecule has 2 rings (SSSR count). The number of Topliss-reactive ketones (excluding diaryl/α,β-unsaturated/α-hetero) is 1. The number of cyclic esters (lactones) is 4. The quantitative estimate of drug-likeness (QED) is 0.329. The predicted molar refractivity (Wildman–Crippen MR) is 93.3 cm³/mol. The summed E-state index contributed by atoms with van der Waals surface area (Å²) < 4.78 is 8.91. The zero-order valence-electron chi connectivity index (χ0n) is 15.7. The maximum absolute atomic E-state index is 11.9. The van der Waals surface area contributed by atoms with Gasteiger partial charge in [0.2, 0.25) is 5.91 Å². The van der Waals surface area contributed by atoms with Crippen LogP contribution in [0.25, 0.3) is 0 Å². The van der Waals surface area contributed by atoms with Gasteiger partial charge in [-0.15, -0.1) is 0 Å². The molecule has 1 N–H and O–H groups in total. The van der Waals surface area contributed by atoms with Gasteiger partial charge in [-0.25, -0.2) is 19.2 Å². The summed E-state index contributed by atoms with van der Waals surface area (Å²) in [6.07, 6.45) is 1.07. The Morgan fingerprint density at radius 2 is 1.25 bits per heavy atom. The van der Waals surface area contributed by atoms with Crippen LogP contribution in [0, 0.1) is 0 Å². The molecule has 2 heterocycles. The van der Waals surface area contributed by atoms with Crippen molar-refractivity contribution < 1.29 is 38.2 Å². The van der Waals surface area contributed by atoms with E-state index in [-0.39, 0.29) is 72.6 Å². The molecule has 28 heavy (non-hydrogen) atoms. The van der Waals surface area contributed by atoms with E-state index in [9.17, 15) is 28.8 Å². The van der Waals surface area contributed by atoms with E-state index < -0.39 is 23.9 Å². The van der Waals surface area contributed by atoms with E-state index in [0.29, 0.717) is 6.42 Å². The second-order valence-corrected chi connectivity index (χ2v) is 6.55. The maximum Gasteiger partial charge on any atom is 0.342 e. The molecule has 0 bridgehead atoms. The van der Waals surface area contributed by atoms with E-state index in [0.717, 1.165) is 0 Å². The van der Waals surface area contributed by atoms with Crippen LogP contribution in [-0.4, -0.2) is 42.1 Å². The fraction of sp³-hybridized carbons (Fsp3) is 0.474. The lowest BCUT2D eigenvalue weighted by molar-refractivity contribution is -0.152. The van der Waals surface area contributed by atoms with Crippen LogP contribution in [0.5, 0.6) is 0 Å². The summed E-state index contributed by atoms with van der Waals surface area (Å²) in [7, 11) is 0. The Balaban J connectivity index is 1.62. The van der Waals surface area contributed by atoms with Crippen LogP contribution in [0.1, 0.15) is 52.4 Å². The van der Waals surface area contributed by atoms with Crippen LogP contribution >= 0.6 is 0 Å². The highest BCUT2D eigenvalue weighted by Gasteiger charge is 2.30. The number of carbonyl (C=O) groups excluding carboxylic acids is 6. The zero-order chi connectivity index (χ0) is 20.8. The lowest BCUT2D eigenvalue weighted by Gasteiger charge is -2.05. The van der Waals surface area contributed by atoms with E-state index >= 15 is 0 Å². The molecule has 0 radical (unpaired) electrons. The Kier molecular flexibility index (Phi) is 6.97. The lowest BCUT2D eigenvalue weighted by Crippen LogP contribution is -2.25. The summed E-state index contributed by atoms with van der Waals surface area (Å²) in [5.41, 5.74) is 0.911. The van der Waals surface area contributed by atoms with E-state index in [1.54, 1.807) is 0 Å². The minimum atomic E-state index is -0.709. The van der Waals surface area contributed by atoms with Gasteiger partial charge >= 0.3 is 23.9 Å². The third kappa shape index (κ3) is 5.21. The van der Waals surface area contributed by atoms with Crippen molar-refractivity contribution in [2.24, 2.45) is 0 Å². The number of hydrogen-bond donors (Lipinski definition) is 1. The van der Waals surface area contributed by atoms with Gasteiger partial charge in [0.1, 0.15) is 5.78 Å². The highest BCUT2D eigenvalue weighted by Crippen LogP contribution is 2.22. The second-order valence-electron chi connectivity index (χ2n) is 6.55. The molecule has 0 unspecified atom stereocenters. The van der Waals surface area contributed by atoms with Gasteiger partial charge in [-0.05, 0) is 33.1 Å². The molecule has 0 aromatic rings. The predicted octanol–water partition coefficient (Wildman–Crippen LogP) is 0.812. The fourth-order valence-corrected chi connectivity index (χ4v) is 2.81. The number of esters is 4. The number of carbonyl (C=O) groups is 6. The third-order valence-electron chi connectivity index (χ3n) is 4.59. The number of hydrogen-bond acceptors (Lipinski definition) is 8. The summed E-state index contributed by atoms with van der Waals surface area (Å²) in [5, 5.41) is 2.64. The molecular weight excluding hydrogens is 370 g/mol. The standard InChI is InChI=1S/C19H21NO8/c1-10-13(18(25)27-16(10)23)6-5-12(21)4-3-9-20-15(22)8-7-14-11(2)17(24)28-19(14)26/h3-9H2,1-2H3,(H,20,22). The van der Waals surface area contributed by atoms with Crippen molar-refractivity contribution in [1.82, 2.24) is 5.32 Å². The molecule has 1 amide bonds. The molecule has 150 valence electrons. The number of ether oxygens (including phenoxy) is 2. The monoisotopic (exact) mass is 391 g/mol. The average molecular weight is 391 g/mol. The number of amides is 1. The van der Waals surface area contributed by atoms with E-state index in [2.05, 4.69) is 14.8 Å². The first-order valence-corrected chi connectivity index (χ1v) is 8.91. The van der Waals surface area contributed by atoms with Gasteiger partial charge in [0.15, 0.2) is 0 Å². The first-order chi connectivity index (χ1) is 13.2. The van der Waals surface area contributed by atoms with Crippen LogP contribution in [0.3, 0.4) is 0 Å². The number of rotatable bonds is 10. The number of ketones is 1.